The van der Waals surface area contributed by atoms with Crippen LogP contribution in [0.3, 0.4) is 0 Å². The van der Waals surface area contributed by atoms with E-state index in [0.29, 0.717) is 6.04 Å². The molecular formula is C12H16N4O. The van der Waals surface area contributed by atoms with Crippen LogP contribution in [0.1, 0.15) is 19.3 Å². The van der Waals surface area contributed by atoms with E-state index in [1.807, 2.05) is 4.90 Å². The number of carbonyl (C=O) groups excluding carboxylic acids is 1. The molecule has 5 fully saturated rings. The number of fused-ring (bicyclic) bond motifs is 1. The van der Waals surface area contributed by atoms with Crippen molar-refractivity contribution in [2.45, 2.75) is 30.8 Å². The van der Waals surface area contributed by atoms with Crippen molar-refractivity contribution in [3.8, 4) is 6.07 Å². The second-order valence-electron chi connectivity index (χ2n) is 6.09. The summed E-state index contributed by atoms with van der Waals surface area (Å²) < 4.78 is 0. The molecule has 1 N–H and O–H groups in total. The van der Waals surface area contributed by atoms with Gasteiger partial charge >= 0.3 is 6.03 Å². The van der Waals surface area contributed by atoms with Crippen LogP contribution in [-0.4, -0.2) is 53.6 Å². The quantitative estimate of drug-likeness (QED) is 0.699. The van der Waals surface area contributed by atoms with Gasteiger partial charge in [0.2, 0.25) is 0 Å². The van der Waals surface area contributed by atoms with Crippen molar-refractivity contribution in [2.75, 3.05) is 26.2 Å². The lowest BCUT2D eigenvalue weighted by molar-refractivity contribution is -0.163. The van der Waals surface area contributed by atoms with Gasteiger partial charge in [0.15, 0.2) is 0 Å². The molecule has 3 aliphatic carbocycles. The smallest absolute Gasteiger partial charge is 0.317 e. The molecule has 0 aromatic rings. The van der Waals surface area contributed by atoms with Crippen molar-refractivity contribution in [1.82, 2.24) is 15.1 Å². The maximum absolute atomic E-state index is 12.3. The van der Waals surface area contributed by atoms with Crippen molar-refractivity contribution in [3.63, 3.8) is 0 Å². The molecule has 2 aliphatic heterocycles. The summed E-state index contributed by atoms with van der Waals surface area (Å²) >= 11 is 0. The zero-order chi connectivity index (χ0) is 11.7. The first-order chi connectivity index (χ1) is 8.18. The summed E-state index contributed by atoms with van der Waals surface area (Å²) in [6.45, 7) is 3.51. The summed E-state index contributed by atoms with van der Waals surface area (Å²) in [6, 6.07) is 2.97. The fraction of sp³-hybridized carbons (Fsp3) is 0.833. The molecule has 17 heavy (non-hydrogen) atoms. The molecule has 5 aliphatic rings. The van der Waals surface area contributed by atoms with Gasteiger partial charge in [0, 0.05) is 31.7 Å². The van der Waals surface area contributed by atoms with Gasteiger partial charge in [-0.1, -0.05) is 0 Å². The highest BCUT2D eigenvalue weighted by Gasteiger charge is 2.73. The number of piperazine rings is 1. The molecule has 0 aromatic heterocycles. The Kier molecular flexibility index (Phi) is 1.57. The third kappa shape index (κ3) is 1.00. The van der Waals surface area contributed by atoms with Gasteiger partial charge in [-0.15, -0.1) is 0 Å². The number of carbonyl (C=O) groups is 1. The topological polar surface area (TPSA) is 59.4 Å². The van der Waals surface area contributed by atoms with E-state index in [9.17, 15) is 4.79 Å². The van der Waals surface area contributed by atoms with E-state index in [1.54, 1.807) is 0 Å². The number of urea groups is 1. The second-order valence-corrected chi connectivity index (χ2v) is 6.09. The van der Waals surface area contributed by atoms with Crippen LogP contribution < -0.4 is 5.32 Å². The first kappa shape index (κ1) is 9.72. The molecule has 0 unspecified atom stereocenters. The predicted octanol–water partition coefficient (Wildman–Crippen LogP) is 0.142. The Morgan fingerprint density at radius 2 is 2.18 bits per heavy atom. The van der Waals surface area contributed by atoms with E-state index in [1.165, 1.54) is 0 Å². The molecule has 3 saturated carbocycles. The van der Waals surface area contributed by atoms with Crippen LogP contribution in [0.4, 0.5) is 4.79 Å². The molecule has 5 heteroatoms. The van der Waals surface area contributed by atoms with Gasteiger partial charge in [-0.25, -0.2) is 4.79 Å². The van der Waals surface area contributed by atoms with Crippen molar-refractivity contribution < 1.29 is 4.79 Å². The fourth-order valence-corrected chi connectivity index (χ4v) is 4.16. The standard InChI is InChI=1S/C12H16N4O/c13-8-11-5-12(6-11,7-11)16-4-9-3-14-1-2-15(9)10(16)17/h9,14H,1-7H2/t9-,11?,12?/m0/s1. The monoisotopic (exact) mass is 232 g/mol. The minimum Gasteiger partial charge on any atom is -0.317 e. The third-order valence-electron chi connectivity index (χ3n) is 5.03. The van der Waals surface area contributed by atoms with Gasteiger partial charge in [-0.2, -0.15) is 5.26 Å². The van der Waals surface area contributed by atoms with Crippen LogP contribution in [0.2, 0.25) is 0 Å². The number of rotatable bonds is 1. The number of hydrogen-bond acceptors (Lipinski definition) is 3. The summed E-state index contributed by atoms with van der Waals surface area (Å²) in [5.74, 6) is 0. The van der Waals surface area contributed by atoms with Crippen LogP contribution in [0.5, 0.6) is 0 Å². The Bertz CT molecular complexity index is 421. The Labute approximate surface area is 100 Å². The molecule has 5 rings (SSSR count). The lowest BCUT2D eigenvalue weighted by Crippen LogP contribution is -2.74. The van der Waals surface area contributed by atoms with Crippen LogP contribution in [0.25, 0.3) is 0 Å². The van der Waals surface area contributed by atoms with Crippen LogP contribution in [0, 0.1) is 16.7 Å². The van der Waals surface area contributed by atoms with Gasteiger partial charge in [-0.05, 0) is 19.3 Å². The summed E-state index contributed by atoms with van der Waals surface area (Å²) in [5.41, 5.74) is -0.00816. The second kappa shape index (κ2) is 2.75. The highest BCUT2D eigenvalue weighted by molar-refractivity contribution is 5.79. The average Bonchev–Trinajstić information content (AvgIpc) is 2.55. The Balaban J connectivity index is 1.54. The summed E-state index contributed by atoms with van der Waals surface area (Å²) in [4.78, 5) is 16.4. The first-order valence-electron chi connectivity index (χ1n) is 6.38. The van der Waals surface area contributed by atoms with Crippen molar-refractivity contribution >= 4 is 6.03 Å². The van der Waals surface area contributed by atoms with Crippen LogP contribution in [-0.2, 0) is 0 Å². The lowest BCUT2D eigenvalue weighted by Gasteiger charge is -2.69. The molecule has 0 aromatic carbocycles. The number of hydrogen-bond donors (Lipinski definition) is 1. The lowest BCUT2D eigenvalue weighted by atomic mass is 9.39. The van der Waals surface area contributed by atoms with Crippen molar-refractivity contribution in [1.29, 1.82) is 5.26 Å². The maximum atomic E-state index is 12.3. The minimum absolute atomic E-state index is 0.0597. The van der Waals surface area contributed by atoms with Gasteiger partial charge in [0.1, 0.15) is 0 Å². The van der Waals surface area contributed by atoms with Gasteiger partial charge in [0.25, 0.3) is 0 Å². The number of amides is 2. The number of nitrogens with one attached hydrogen (secondary N) is 1. The molecule has 5 nitrogen and oxygen atoms in total. The molecule has 2 heterocycles. The zero-order valence-electron chi connectivity index (χ0n) is 9.78. The van der Waals surface area contributed by atoms with Gasteiger partial charge < -0.3 is 15.1 Å². The highest BCUT2D eigenvalue weighted by atomic mass is 16.2. The summed E-state index contributed by atoms with van der Waals surface area (Å²) in [5, 5.41) is 12.4. The minimum atomic E-state index is -0.0678. The Hall–Kier alpha value is -1.28. The average molecular weight is 232 g/mol. The van der Waals surface area contributed by atoms with E-state index in [2.05, 4.69) is 16.3 Å². The van der Waals surface area contributed by atoms with Gasteiger partial charge in [0.05, 0.1) is 17.5 Å². The van der Waals surface area contributed by atoms with E-state index in [4.69, 9.17) is 5.26 Å². The summed E-state index contributed by atoms with van der Waals surface area (Å²) in [7, 11) is 0. The van der Waals surface area contributed by atoms with E-state index in [-0.39, 0.29) is 17.0 Å². The Morgan fingerprint density at radius 1 is 1.41 bits per heavy atom. The van der Waals surface area contributed by atoms with Crippen LogP contribution >= 0.6 is 0 Å². The molecule has 2 saturated heterocycles. The number of nitrogens with zero attached hydrogens (tertiary/aromatic N) is 3. The van der Waals surface area contributed by atoms with E-state index < -0.39 is 0 Å². The normalized spacial score (nSPS) is 47.0. The van der Waals surface area contributed by atoms with Crippen LogP contribution in [0.15, 0.2) is 0 Å². The van der Waals surface area contributed by atoms with E-state index >= 15 is 0 Å². The molecule has 2 bridgehead atoms. The van der Waals surface area contributed by atoms with Gasteiger partial charge in [-0.3, -0.25) is 0 Å². The third-order valence-corrected chi connectivity index (χ3v) is 5.03. The van der Waals surface area contributed by atoms with Crippen molar-refractivity contribution in [2.24, 2.45) is 5.41 Å². The van der Waals surface area contributed by atoms with Crippen molar-refractivity contribution in [3.05, 3.63) is 0 Å². The first-order valence-corrected chi connectivity index (χ1v) is 6.38. The molecule has 0 radical (unpaired) electrons. The molecule has 90 valence electrons. The van der Waals surface area contributed by atoms with E-state index in [0.717, 1.165) is 45.4 Å². The zero-order valence-corrected chi connectivity index (χ0v) is 9.78. The number of nitriles is 1. The molecular weight excluding hydrogens is 216 g/mol. The summed E-state index contributed by atoms with van der Waals surface area (Å²) in [6.07, 6.45) is 2.74. The molecule has 1 atom stereocenters. The Morgan fingerprint density at radius 3 is 2.82 bits per heavy atom. The molecule has 0 spiro atoms. The SMILES string of the molecule is N#CC12CC(N3C[C@@H]4CNCCN4C3=O)(C1)C2. The highest BCUT2D eigenvalue weighted by Crippen LogP contribution is 2.70. The predicted molar refractivity (Wildman–Crippen MR) is 60.1 cm³/mol. The molecule has 2 amide bonds. The fourth-order valence-electron chi connectivity index (χ4n) is 4.16. The maximum Gasteiger partial charge on any atom is 0.320 e. The largest absolute Gasteiger partial charge is 0.320 e.